The van der Waals surface area contributed by atoms with Gasteiger partial charge in [0.25, 0.3) is 10.2 Å². The number of methoxy groups -OCH3 is 1. The fourth-order valence-electron chi connectivity index (χ4n) is 2.13. The highest BCUT2D eigenvalue weighted by Crippen LogP contribution is 2.19. The van der Waals surface area contributed by atoms with Crippen molar-refractivity contribution in [1.29, 1.82) is 0 Å². The van der Waals surface area contributed by atoms with E-state index < -0.39 is 10.2 Å². The summed E-state index contributed by atoms with van der Waals surface area (Å²) in [6.07, 6.45) is 1.02. The lowest BCUT2D eigenvalue weighted by Gasteiger charge is -2.29. The molecule has 1 rings (SSSR count). The summed E-state index contributed by atoms with van der Waals surface area (Å²) in [6, 6.07) is 0.329. The van der Waals surface area contributed by atoms with E-state index in [1.54, 1.807) is 0 Å². The van der Waals surface area contributed by atoms with Crippen molar-refractivity contribution < 1.29 is 17.9 Å². The zero-order valence-electron chi connectivity index (χ0n) is 12.4. The number of carbonyl (C=O) groups is 1. The second-order valence-electron chi connectivity index (χ2n) is 5.20. The number of hydrogen-bond acceptors (Lipinski definition) is 5. The molecule has 0 aromatic carbocycles. The highest BCUT2D eigenvalue weighted by Gasteiger charge is 2.31. The van der Waals surface area contributed by atoms with Crippen LogP contribution in [0.25, 0.3) is 0 Å². The molecule has 118 valence electrons. The Balaban J connectivity index is 2.37. The van der Waals surface area contributed by atoms with Gasteiger partial charge in [-0.25, -0.2) is 4.72 Å². The molecule has 0 unspecified atom stereocenters. The molecule has 0 radical (unpaired) electrons. The summed E-state index contributed by atoms with van der Waals surface area (Å²) in [4.78, 5) is 11.4. The maximum absolute atomic E-state index is 12.0. The predicted molar refractivity (Wildman–Crippen MR) is 76.4 cm³/mol. The molecular weight excluding hydrogens is 282 g/mol. The minimum atomic E-state index is -3.45. The Morgan fingerprint density at radius 1 is 1.30 bits per heavy atom. The van der Waals surface area contributed by atoms with Crippen molar-refractivity contribution in [3.63, 3.8) is 0 Å². The first kappa shape index (κ1) is 17.4. The minimum absolute atomic E-state index is 0.186. The van der Waals surface area contributed by atoms with Crippen molar-refractivity contribution in [1.82, 2.24) is 14.3 Å². The fourth-order valence-corrected chi connectivity index (χ4v) is 3.36. The first-order valence-corrected chi connectivity index (χ1v) is 8.36. The van der Waals surface area contributed by atoms with E-state index in [1.165, 1.54) is 11.4 Å². The van der Waals surface area contributed by atoms with Crippen LogP contribution < -0.4 is 10.0 Å². The number of esters is 1. The van der Waals surface area contributed by atoms with E-state index in [9.17, 15) is 13.2 Å². The van der Waals surface area contributed by atoms with E-state index in [4.69, 9.17) is 0 Å². The zero-order chi connectivity index (χ0) is 15.2. The van der Waals surface area contributed by atoms with Gasteiger partial charge in [-0.2, -0.15) is 12.7 Å². The molecule has 0 spiro atoms. The Hall–Kier alpha value is -0.700. The Morgan fingerprint density at radius 3 is 2.40 bits per heavy atom. The summed E-state index contributed by atoms with van der Waals surface area (Å²) in [5.74, 6) is -0.440. The van der Waals surface area contributed by atoms with Gasteiger partial charge in [-0.1, -0.05) is 13.8 Å². The van der Waals surface area contributed by atoms with Gasteiger partial charge in [0.05, 0.1) is 13.0 Å². The van der Waals surface area contributed by atoms with E-state index in [0.29, 0.717) is 45.1 Å². The van der Waals surface area contributed by atoms with Crippen LogP contribution in [0.2, 0.25) is 0 Å². The maximum Gasteiger partial charge on any atom is 0.308 e. The van der Waals surface area contributed by atoms with Crippen LogP contribution in [-0.4, -0.2) is 58.0 Å². The standard InChI is InChI=1S/C12H25N3O4S/c1-10(2)13-6-7-14-20(17,18)15-8-4-11(5-9-15)12(16)19-3/h10-11,13-14H,4-9H2,1-3H3. The molecular formula is C12H25N3O4S. The van der Waals surface area contributed by atoms with Crippen molar-refractivity contribution in [3.05, 3.63) is 0 Å². The van der Waals surface area contributed by atoms with Gasteiger partial charge in [0.2, 0.25) is 0 Å². The summed E-state index contributed by atoms with van der Waals surface area (Å²) >= 11 is 0. The molecule has 1 aliphatic heterocycles. The first-order chi connectivity index (χ1) is 9.36. The molecule has 0 aliphatic carbocycles. The normalized spacial score (nSPS) is 18.4. The lowest BCUT2D eigenvalue weighted by atomic mass is 9.99. The van der Waals surface area contributed by atoms with Crippen LogP contribution in [0.4, 0.5) is 0 Å². The molecule has 0 bridgehead atoms. The topological polar surface area (TPSA) is 87.7 Å². The SMILES string of the molecule is COC(=O)C1CCN(S(=O)(=O)NCCNC(C)C)CC1. The van der Waals surface area contributed by atoms with Gasteiger partial charge < -0.3 is 10.1 Å². The molecule has 0 aromatic heterocycles. The van der Waals surface area contributed by atoms with Gasteiger partial charge in [-0.05, 0) is 12.8 Å². The van der Waals surface area contributed by atoms with E-state index in [1.807, 2.05) is 13.8 Å². The van der Waals surface area contributed by atoms with E-state index >= 15 is 0 Å². The smallest absolute Gasteiger partial charge is 0.308 e. The summed E-state index contributed by atoms with van der Waals surface area (Å²) in [5.41, 5.74) is 0. The first-order valence-electron chi connectivity index (χ1n) is 6.92. The van der Waals surface area contributed by atoms with Crippen LogP contribution in [0.5, 0.6) is 0 Å². The van der Waals surface area contributed by atoms with Crippen LogP contribution in [0, 0.1) is 5.92 Å². The zero-order valence-corrected chi connectivity index (χ0v) is 13.2. The number of ether oxygens (including phenoxy) is 1. The number of hydrogen-bond donors (Lipinski definition) is 2. The number of nitrogens with one attached hydrogen (secondary N) is 2. The van der Waals surface area contributed by atoms with Gasteiger partial charge in [0, 0.05) is 32.2 Å². The van der Waals surface area contributed by atoms with Crippen molar-refractivity contribution in [2.24, 2.45) is 5.92 Å². The Kier molecular flexibility index (Phi) is 6.87. The molecule has 1 aliphatic rings. The van der Waals surface area contributed by atoms with Crippen molar-refractivity contribution in [2.45, 2.75) is 32.7 Å². The average Bonchev–Trinajstić information content (AvgIpc) is 2.43. The third kappa shape index (κ3) is 5.35. The fraction of sp³-hybridized carbons (Fsp3) is 0.917. The van der Waals surface area contributed by atoms with Crippen molar-refractivity contribution in [3.8, 4) is 0 Å². The molecule has 1 heterocycles. The number of nitrogens with zero attached hydrogens (tertiary/aromatic N) is 1. The molecule has 0 atom stereocenters. The number of carbonyl (C=O) groups excluding carboxylic acids is 1. The molecule has 8 heteroatoms. The Labute approximate surface area is 121 Å². The van der Waals surface area contributed by atoms with Crippen LogP contribution in [0.1, 0.15) is 26.7 Å². The molecule has 1 fully saturated rings. The quantitative estimate of drug-likeness (QED) is 0.498. The third-order valence-corrected chi connectivity index (χ3v) is 4.90. The number of rotatable bonds is 7. The van der Waals surface area contributed by atoms with Gasteiger partial charge in [0.15, 0.2) is 0 Å². The summed E-state index contributed by atoms with van der Waals surface area (Å²) < 4.78 is 32.7. The Morgan fingerprint density at radius 2 is 1.90 bits per heavy atom. The lowest BCUT2D eigenvalue weighted by Crippen LogP contribution is -2.47. The van der Waals surface area contributed by atoms with Crippen LogP contribution in [0.3, 0.4) is 0 Å². The van der Waals surface area contributed by atoms with Gasteiger partial charge in [-0.15, -0.1) is 0 Å². The third-order valence-electron chi connectivity index (χ3n) is 3.29. The summed E-state index contributed by atoms with van der Waals surface area (Å²) in [5, 5.41) is 3.14. The maximum atomic E-state index is 12.0. The highest BCUT2D eigenvalue weighted by atomic mass is 32.2. The average molecular weight is 307 g/mol. The van der Waals surface area contributed by atoms with Gasteiger partial charge in [-0.3, -0.25) is 4.79 Å². The molecule has 0 amide bonds. The molecule has 2 N–H and O–H groups in total. The number of piperidine rings is 1. The van der Waals surface area contributed by atoms with E-state index in [2.05, 4.69) is 14.8 Å². The van der Waals surface area contributed by atoms with Crippen LogP contribution >= 0.6 is 0 Å². The molecule has 7 nitrogen and oxygen atoms in total. The van der Waals surface area contributed by atoms with Gasteiger partial charge in [0.1, 0.15) is 0 Å². The molecule has 20 heavy (non-hydrogen) atoms. The van der Waals surface area contributed by atoms with Gasteiger partial charge >= 0.3 is 5.97 Å². The minimum Gasteiger partial charge on any atom is -0.469 e. The second-order valence-corrected chi connectivity index (χ2v) is 6.96. The van der Waals surface area contributed by atoms with E-state index in [0.717, 1.165) is 0 Å². The second kappa shape index (κ2) is 7.92. The predicted octanol–water partition coefficient (Wildman–Crippen LogP) is -0.296. The highest BCUT2D eigenvalue weighted by molar-refractivity contribution is 7.87. The van der Waals surface area contributed by atoms with Crippen molar-refractivity contribution >= 4 is 16.2 Å². The lowest BCUT2D eigenvalue weighted by molar-refractivity contribution is -0.146. The van der Waals surface area contributed by atoms with Crippen LogP contribution in [-0.2, 0) is 19.7 Å². The van der Waals surface area contributed by atoms with E-state index in [-0.39, 0.29) is 11.9 Å². The van der Waals surface area contributed by atoms with Crippen LogP contribution in [0.15, 0.2) is 0 Å². The monoisotopic (exact) mass is 307 g/mol. The summed E-state index contributed by atoms with van der Waals surface area (Å²) in [6.45, 7) is 5.67. The molecule has 0 saturated carbocycles. The largest absolute Gasteiger partial charge is 0.469 e. The molecule has 1 saturated heterocycles. The summed E-state index contributed by atoms with van der Waals surface area (Å²) in [7, 11) is -2.09. The van der Waals surface area contributed by atoms with Crippen molar-refractivity contribution in [2.75, 3.05) is 33.3 Å². The molecule has 0 aromatic rings. The Bertz CT molecular complexity index is 403.